The predicted octanol–water partition coefficient (Wildman–Crippen LogP) is 3.10. The Morgan fingerprint density at radius 2 is 1.83 bits per heavy atom. The summed E-state index contributed by atoms with van der Waals surface area (Å²) >= 11 is 0. The molecule has 0 aliphatic heterocycles. The number of hydrogen-bond donors (Lipinski definition) is 2. The number of anilines is 1. The third-order valence-electron chi connectivity index (χ3n) is 2.68. The van der Waals surface area contributed by atoms with E-state index in [1.54, 1.807) is 19.1 Å². The molecule has 1 unspecified atom stereocenters. The van der Waals surface area contributed by atoms with E-state index in [-0.39, 0.29) is 17.3 Å². The minimum absolute atomic E-state index is 0.0642. The van der Waals surface area contributed by atoms with Crippen molar-refractivity contribution < 1.29 is 9.90 Å². The third-order valence-corrected chi connectivity index (χ3v) is 2.68. The van der Waals surface area contributed by atoms with Gasteiger partial charge in [0.1, 0.15) is 0 Å². The summed E-state index contributed by atoms with van der Waals surface area (Å²) in [4.78, 5) is 11.1. The predicted molar refractivity (Wildman–Crippen MR) is 75.0 cm³/mol. The summed E-state index contributed by atoms with van der Waals surface area (Å²) in [5.74, 6) is 0.0642. The second-order valence-corrected chi connectivity index (χ2v) is 5.93. The van der Waals surface area contributed by atoms with Crippen molar-refractivity contribution in [2.75, 3.05) is 11.9 Å². The fourth-order valence-corrected chi connectivity index (χ4v) is 1.84. The largest absolute Gasteiger partial charge is 0.391 e. The van der Waals surface area contributed by atoms with Gasteiger partial charge in [0.15, 0.2) is 5.78 Å². The highest BCUT2D eigenvalue weighted by atomic mass is 16.3. The maximum Gasteiger partial charge on any atom is 0.159 e. The molecule has 1 rings (SSSR count). The van der Waals surface area contributed by atoms with Gasteiger partial charge in [-0.05, 0) is 43.0 Å². The molecule has 1 aromatic carbocycles. The Hall–Kier alpha value is -1.35. The van der Waals surface area contributed by atoms with E-state index in [0.717, 1.165) is 12.1 Å². The number of ketones is 1. The first kappa shape index (κ1) is 14.7. The minimum atomic E-state index is -0.363. The highest BCUT2D eigenvalue weighted by molar-refractivity contribution is 5.94. The normalized spacial score (nSPS) is 13.2. The molecule has 3 heteroatoms. The van der Waals surface area contributed by atoms with Gasteiger partial charge in [-0.25, -0.2) is 0 Å². The third kappa shape index (κ3) is 5.32. The lowest BCUT2D eigenvalue weighted by Crippen LogP contribution is -2.25. The van der Waals surface area contributed by atoms with Crippen LogP contribution in [-0.2, 0) is 0 Å². The summed E-state index contributed by atoms with van der Waals surface area (Å²) in [6.45, 7) is 8.40. The molecule has 0 aromatic heterocycles. The fourth-order valence-electron chi connectivity index (χ4n) is 1.84. The number of benzene rings is 1. The zero-order chi connectivity index (χ0) is 13.8. The van der Waals surface area contributed by atoms with Crippen LogP contribution < -0.4 is 5.32 Å². The maximum absolute atomic E-state index is 11.1. The van der Waals surface area contributed by atoms with Crippen LogP contribution in [0.3, 0.4) is 0 Å². The van der Waals surface area contributed by atoms with Crippen molar-refractivity contribution in [3.8, 4) is 0 Å². The second-order valence-electron chi connectivity index (χ2n) is 5.93. The lowest BCUT2D eigenvalue weighted by atomic mass is 9.89. The van der Waals surface area contributed by atoms with E-state index in [1.165, 1.54) is 0 Å². The quantitative estimate of drug-likeness (QED) is 0.788. The van der Waals surface area contributed by atoms with Gasteiger partial charge in [0.2, 0.25) is 0 Å². The maximum atomic E-state index is 11.1. The number of rotatable bonds is 5. The molecule has 0 radical (unpaired) electrons. The first-order valence-corrected chi connectivity index (χ1v) is 6.31. The van der Waals surface area contributed by atoms with Gasteiger partial charge in [-0.1, -0.05) is 20.8 Å². The first-order chi connectivity index (χ1) is 8.28. The molecule has 18 heavy (non-hydrogen) atoms. The zero-order valence-corrected chi connectivity index (χ0v) is 11.7. The van der Waals surface area contributed by atoms with Crippen LogP contribution >= 0.6 is 0 Å². The Morgan fingerprint density at radius 3 is 2.28 bits per heavy atom. The second kappa shape index (κ2) is 6.01. The summed E-state index contributed by atoms with van der Waals surface area (Å²) < 4.78 is 0. The Balaban J connectivity index is 2.46. The molecule has 0 fully saturated rings. The van der Waals surface area contributed by atoms with Crippen LogP contribution in [0, 0.1) is 5.41 Å². The molecule has 0 saturated heterocycles. The molecule has 100 valence electrons. The summed E-state index contributed by atoms with van der Waals surface area (Å²) in [5.41, 5.74) is 1.75. The molecule has 1 atom stereocenters. The molecular formula is C15H23NO2. The summed E-state index contributed by atoms with van der Waals surface area (Å²) in [7, 11) is 0. The van der Waals surface area contributed by atoms with Crippen molar-refractivity contribution in [2.24, 2.45) is 5.41 Å². The van der Waals surface area contributed by atoms with Gasteiger partial charge in [0, 0.05) is 17.8 Å². The van der Waals surface area contributed by atoms with Crippen LogP contribution in [0.15, 0.2) is 24.3 Å². The van der Waals surface area contributed by atoms with E-state index in [9.17, 15) is 9.90 Å². The molecule has 0 bridgehead atoms. The van der Waals surface area contributed by atoms with Crippen molar-refractivity contribution >= 4 is 11.5 Å². The highest BCUT2D eigenvalue weighted by Gasteiger charge is 2.16. The summed E-state index contributed by atoms with van der Waals surface area (Å²) in [5, 5.41) is 13.0. The zero-order valence-electron chi connectivity index (χ0n) is 11.7. The van der Waals surface area contributed by atoms with Crippen molar-refractivity contribution in [2.45, 2.75) is 40.2 Å². The SMILES string of the molecule is CC(=O)c1ccc(NCC(O)CC(C)(C)C)cc1. The number of carbonyl (C=O) groups is 1. The van der Waals surface area contributed by atoms with Gasteiger partial charge in [-0.3, -0.25) is 4.79 Å². The molecule has 0 amide bonds. The van der Waals surface area contributed by atoms with E-state index in [0.29, 0.717) is 12.1 Å². The van der Waals surface area contributed by atoms with Crippen LogP contribution in [0.4, 0.5) is 5.69 Å². The van der Waals surface area contributed by atoms with Crippen molar-refractivity contribution in [3.63, 3.8) is 0 Å². The number of carbonyl (C=O) groups excluding carboxylic acids is 1. The Labute approximate surface area is 109 Å². The summed E-state index contributed by atoms with van der Waals surface area (Å²) in [6, 6.07) is 7.31. The molecule has 2 N–H and O–H groups in total. The molecule has 1 aromatic rings. The van der Waals surface area contributed by atoms with Crippen molar-refractivity contribution in [1.29, 1.82) is 0 Å². The Kier molecular flexibility index (Phi) is 4.91. The minimum Gasteiger partial charge on any atom is -0.391 e. The molecule has 0 heterocycles. The van der Waals surface area contributed by atoms with Crippen LogP contribution in [0.1, 0.15) is 44.5 Å². The van der Waals surface area contributed by atoms with Crippen LogP contribution in [0.5, 0.6) is 0 Å². The Bertz CT molecular complexity index is 390. The number of Topliss-reactive ketones (excluding diaryl/α,β-unsaturated/α-hetero) is 1. The fraction of sp³-hybridized carbons (Fsp3) is 0.533. The lowest BCUT2D eigenvalue weighted by Gasteiger charge is -2.22. The molecule has 0 aliphatic carbocycles. The van der Waals surface area contributed by atoms with Gasteiger partial charge in [-0.2, -0.15) is 0 Å². The summed E-state index contributed by atoms with van der Waals surface area (Å²) in [6.07, 6.45) is 0.392. The van der Waals surface area contributed by atoms with E-state index < -0.39 is 0 Å². The van der Waals surface area contributed by atoms with Crippen molar-refractivity contribution in [3.05, 3.63) is 29.8 Å². The Morgan fingerprint density at radius 1 is 1.28 bits per heavy atom. The van der Waals surface area contributed by atoms with Crippen LogP contribution in [0.2, 0.25) is 0 Å². The van der Waals surface area contributed by atoms with Gasteiger partial charge in [-0.15, -0.1) is 0 Å². The van der Waals surface area contributed by atoms with Gasteiger partial charge < -0.3 is 10.4 Å². The van der Waals surface area contributed by atoms with Gasteiger partial charge >= 0.3 is 0 Å². The molecular weight excluding hydrogens is 226 g/mol. The average molecular weight is 249 g/mol. The van der Waals surface area contributed by atoms with Gasteiger partial charge in [0.05, 0.1) is 6.10 Å². The standard InChI is InChI=1S/C15H23NO2/c1-11(17)12-5-7-13(8-6-12)16-10-14(18)9-15(2,3)4/h5-8,14,16,18H,9-10H2,1-4H3. The van der Waals surface area contributed by atoms with E-state index in [1.807, 2.05) is 12.1 Å². The van der Waals surface area contributed by atoms with Crippen molar-refractivity contribution in [1.82, 2.24) is 0 Å². The molecule has 0 aliphatic rings. The number of hydrogen-bond acceptors (Lipinski definition) is 3. The molecule has 3 nitrogen and oxygen atoms in total. The van der Waals surface area contributed by atoms with E-state index in [4.69, 9.17) is 0 Å². The molecule has 0 saturated carbocycles. The van der Waals surface area contributed by atoms with Gasteiger partial charge in [0.25, 0.3) is 0 Å². The smallest absolute Gasteiger partial charge is 0.159 e. The number of aliphatic hydroxyl groups is 1. The van der Waals surface area contributed by atoms with Crippen LogP contribution in [0.25, 0.3) is 0 Å². The number of aliphatic hydroxyl groups excluding tert-OH is 1. The van der Waals surface area contributed by atoms with E-state index in [2.05, 4.69) is 26.1 Å². The lowest BCUT2D eigenvalue weighted by molar-refractivity contribution is 0.101. The topological polar surface area (TPSA) is 49.3 Å². The molecule has 0 spiro atoms. The first-order valence-electron chi connectivity index (χ1n) is 6.31. The monoisotopic (exact) mass is 249 g/mol. The average Bonchev–Trinajstić information content (AvgIpc) is 2.24. The number of nitrogens with one attached hydrogen (secondary N) is 1. The van der Waals surface area contributed by atoms with E-state index >= 15 is 0 Å². The highest BCUT2D eigenvalue weighted by Crippen LogP contribution is 2.21. The van der Waals surface area contributed by atoms with Crippen LogP contribution in [-0.4, -0.2) is 23.5 Å².